The zero-order valence-corrected chi connectivity index (χ0v) is 8.17. The number of hydrogen-bond donors (Lipinski definition) is 0. The molecule has 6 heteroatoms. The number of methoxy groups -OCH3 is 1. The van der Waals surface area contributed by atoms with Crippen LogP contribution in [-0.4, -0.2) is 23.1 Å². The van der Waals surface area contributed by atoms with Crippen molar-refractivity contribution in [1.29, 1.82) is 0 Å². The van der Waals surface area contributed by atoms with Crippen LogP contribution in [0.15, 0.2) is 12.3 Å². The molecule has 1 fully saturated rings. The number of nitrogens with zero attached hydrogens (tertiary/aromatic N) is 2. The van der Waals surface area contributed by atoms with Crippen molar-refractivity contribution in [1.82, 2.24) is 4.98 Å². The summed E-state index contributed by atoms with van der Waals surface area (Å²) >= 11 is 0. The Labute approximate surface area is 86.0 Å². The lowest BCUT2D eigenvalue weighted by Crippen LogP contribution is -2.01. The summed E-state index contributed by atoms with van der Waals surface area (Å²) in [5.74, 6) is 0.424. The second-order valence-electron chi connectivity index (χ2n) is 3.27. The van der Waals surface area contributed by atoms with Crippen LogP contribution in [0.2, 0.25) is 0 Å². The van der Waals surface area contributed by atoms with Crippen LogP contribution in [0.3, 0.4) is 0 Å². The third-order valence-corrected chi connectivity index (χ3v) is 2.05. The summed E-state index contributed by atoms with van der Waals surface area (Å²) in [7, 11) is 1.41. The Morgan fingerprint density at radius 3 is 2.87 bits per heavy atom. The van der Waals surface area contributed by atoms with Crippen LogP contribution >= 0.6 is 0 Å². The maximum atomic E-state index is 10.7. The number of aromatic nitrogens is 1. The highest BCUT2D eigenvalue weighted by molar-refractivity contribution is 5.47. The van der Waals surface area contributed by atoms with Gasteiger partial charge in [-0.1, -0.05) is 0 Å². The molecule has 80 valence electrons. The van der Waals surface area contributed by atoms with Crippen molar-refractivity contribution in [3.05, 3.63) is 22.4 Å². The molecule has 1 aromatic rings. The van der Waals surface area contributed by atoms with E-state index in [1.165, 1.54) is 19.4 Å². The van der Waals surface area contributed by atoms with Crippen LogP contribution in [0.5, 0.6) is 11.6 Å². The van der Waals surface area contributed by atoms with Crippen molar-refractivity contribution < 1.29 is 14.4 Å². The van der Waals surface area contributed by atoms with Gasteiger partial charge in [-0.15, -0.1) is 0 Å². The molecule has 1 heterocycles. The Balaban J connectivity index is 2.29. The molecule has 2 rings (SSSR count). The van der Waals surface area contributed by atoms with Gasteiger partial charge in [0, 0.05) is 0 Å². The Kier molecular flexibility index (Phi) is 2.40. The highest BCUT2D eigenvalue weighted by atomic mass is 16.6. The van der Waals surface area contributed by atoms with E-state index in [-0.39, 0.29) is 23.4 Å². The fraction of sp³-hybridized carbons (Fsp3) is 0.444. The Morgan fingerprint density at radius 1 is 1.60 bits per heavy atom. The first kappa shape index (κ1) is 9.70. The lowest BCUT2D eigenvalue weighted by molar-refractivity contribution is -0.386. The molecule has 0 spiro atoms. The van der Waals surface area contributed by atoms with Crippen molar-refractivity contribution in [3.63, 3.8) is 0 Å². The average Bonchev–Trinajstić information content (AvgIpc) is 3.02. The molecule has 0 radical (unpaired) electrons. The quantitative estimate of drug-likeness (QED) is 0.556. The highest BCUT2D eigenvalue weighted by Gasteiger charge is 2.27. The molecule has 15 heavy (non-hydrogen) atoms. The molecule has 0 N–H and O–H groups in total. The smallest absolute Gasteiger partial charge is 0.317 e. The zero-order chi connectivity index (χ0) is 10.8. The maximum Gasteiger partial charge on any atom is 0.317 e. The van der Waals surface area contributed by atoms with Gasteiger partial charge in [-0.2, -0.15) is 0 Å². The molecule has 0 unspecified atom stereocenters. The summed E-state index contributed by atoms with van der Waals surface area (Å²) in [5.41, 5.74) is -0.103. The molecule has 0 saturated heterocycles. The molecule has 6 nitrogen and oxygen atoms in total. The van der Waals surface area contributed by atoms with Gasteiger partial charge in [0.05, 0.1) is 30.4 Å². The summed E-state index contributed by atoms with van der Waals surface area (Å²) in [5, 5.41) is 10.7. The Morgan fingerprint density at radius 2 is 2.33 bits per heavy atom. The fourth-order valence-electron chi connectivity index (χ4n) is 1.12. The van der Waals surface area contributed by atoms with Gasteiger partial charge in [0.2, 0.25) is 11.6 Å². The van der Waals surface area contributed by atoms with Gasteiger partial charge < -0.3 is 9.47 Å². The predicted octanol–water partition coefficient (Wildman–Crippen LogP) is 1.54. The topological polar surface area (TPSA) is 74.5 Å². The van der Waals surface area contributed by atoms with Crippen LogP contribution in [-0.2, 0) is 0 Å². The van der Waals surface area contributed by atoms with E-state index >= 15 is 0 Å². The van der Waals surface area contributed by atoms with E-state index in [4.69, 9.17) is 9.47 Å². The van der Waals surface area contributed by atoms with Crippen LogP contribution in [0.25, 0.3) is 0 Å². The maximum absolute atomic E-state index is 10.7. The van der Waals surface area contributed by atoms with E-state index in [0.717, 1.165) is 12.8 Å². The highest BCUT2D eigenvalue weighted by Crippen LogP contribution is 2.34. The molecular weight excluding hydrogens is 200 g/mol. The molecule has 1 aliphatic carbocycles. The number of rotatable bonds is 4. The average molecular weight is 210 g/mol. The number of pyridine rings is 1. The first-order valence-electron chi connectivity index (χ1n) is 4.56. The third kappa shape index (κ3) is 2.15. The molecule has 0 amide bonds. The Bertz CT molecular complexity index is 390. The van der Waals surface area contributed by atoms with Crippen molar-refractivity contribution in [2.45, 2.75) is 18.9 Å². The standard InChI is InChI=1S/C9H10N2O4/c1-14-9-4-7(11(12)13)8(5-10-9)15-6-2-3-6/h4-6H,2-3H2,1H3. The minimum atomic E-state index is -0.498. The lowest BCUT2D eigenvalue weighted by atomic mass is 10.4. The first-order chi connectivity index (χ1) is 7.20. The number of ether oxygens (including phenoxy) is 2. The molecule has 0 atom stereocenters. The van der Waals surface area contributed by atoms with E-state index in [0.29, 0.717) is 0 Å². The van der Waals surface area contributed by atoms with E-state index in [9.17, 15) is 10.1 Å². The molecular formula is C9H10N2O4. The summed E-state index contributed by atoms with van der Waals surface area (Å²) in [6, 6.07) is 1.26. The van der Waals surface area contributed by atoms with Crippen molar-refractivity contribution in [2.24, 2.45) is 0 Å². The molecule has 0 bridgehead atoms. The van der Waals surface area contributed by atoms with Crippen LogP contribution in [0.4, 0.5) is 5.69 Å². The lowest BCUT2D eigenvalue weighted by Gasteiger charge is -2.05. The van der Waals surface area contributed by atoms with Crippen LogP contribution < -0.4 is 9.47 Å². The molecule has 1 aromatic heterocycles. The monoisotopic (exact) mass is 210 g/mol. The van der Waals surface area contributed by atoms with Gasteiger partial charge in [0.25, 0.3) is 0 Å². The van der Waals surface area contributed by atoms with Gasteiger partial charge in [-0.25, -0.2) is 4.98 Å². The molecule has 0 aliphatic heterocycles. The minimum Gasteiger partial charge on any atom is -0.482 e. The second kappa shape index (κ2) is 3.72. The fourth-order valence-corrected chi connectivity index (χ4v) is 1.12. The third-order valence-electron chi connectivity index (χ3n) is 2.05. The van der Waals surface area contributed by atoms with Crippen LogP contribution in [0, 0.1) is 10.1 Å². The summed E-state index contributed by atoms with van der Waals surface area (Å²) in [4.78, 5) is 14.1. The van der Waals surface area contributed by atoms with Gasteiger partial charge >= 0.3 is 5.69 Å². The van der Waals surface area contributed by atoms with Gasteiger partial charge in [0.1, 0.15) is 0 Å². The van der Waals surface area contributed by atoms with Crippen LogP contribution in [0.1, 0.15) is 12.8 Å². The first-order valence-corrected chi connectivity index (χ1v) is 4.56. The normalized spacial score (nSPS) is 14.7. The zero-order valence-electron chi connectivity index (χ0n) is 8.17. The van der Waals surface area contributed by atoms with Crippen molar-refractivity contribution in [2.75, 3.05) is 7.11 Å². The molecule has 1 aliphatic rings. The second-order valence-corrected chi connectivity index (χ2v) is 3.27. The Hall–Kier alpha value is -1.85. The van der Waals surface area contributed by atoms with E-state index in [1.54, 1.807) is 0 Å². The van der Waals surface area contributed by atoms with Crippen molar-refractivity contribution in [3.8, 4) is 11.6 Å². The van der Waals surface area contributed by atoms with Gasteiger partial charge in [-0.05, 0) is 12.8 Å². The van der Waals surface area contributed by atoms with E-state index in [2.05, 4.69) is 4.98 Å². The number of hydrogen-bond acceptors (Lipinski definition) is 5. The van der Waals surface area contributed by atoms with E-state index < -0.39 is 4.92 Å². The largest absolute Gasteiger partial charge is 0.482 e. The molecule has 1 saturated carbocycles. The van der Waals surface area contributed by atoms with Gasteiger partial charge in [0.15, 0.2) is 0 Å². The minimum absolute atomic E-state index is 0.103. The SMILES string of the molecule is COc1cc([N+](=O)[O-])c(OC2CC2)cn1. The van der Waals surface area contributed by atoms with Crippen molar-refractivity contribution >= 4 is 5.69 Å². The molecule has 0 aromatic carbocycles. The van der Waals surface area contributed by atoms with Gasteiger partial charge in [-0.3, -0.25) is 10.1 Å². The van der Waals surface area contributed by atoms with E-state index in [1.807, 2.05) is 0 Å². The summed E-state index contributed by atoms with van der Waals surface area (Å²) in [6.45, 7) is 0. The number of nitro groups is 1. The summed E-state index contributed by atoms with van der Waals surface area (Å²) in [6.07, 6.45) is 3.33. The predicted molar refractivity (Wildman–Crippen MR) is 51.1 cm³/mol. The summed E-state index contributed by atoms with van der Waals surface area (Å²) < 4.78 is 10.2.